The zero-order chi connectivity index (χ0) is 16.2. The van der Waals surface area contributed by atoms with Crippen LogP contribution in [0.15, 0.2) is 12.4 Å². The van der Waals surface area contributed by atoms with E-state index in [9.17, 15) is 9.59 Å². The van der Waals surface area contributed by atoms with Crippen LogP contribution in [0, 0.1) is 11.8 Å². The molecule has 2 heterocycles. The van der Waals surface area contributed by atoms with Crippen molar-refractivity contribution in [3.63, 3.8) is 0 Å². The second-order valence-corrected chi connectivity index (χ2v) is 6.62. The molecule has 0 spiro atoms. The molecule has 126 valence electrons. The van der Waals surface area contributed by atoms with E-state index in [1.807, 2.05) is 4.90 Å². The number of amides is 3. The normalized spacial score (nSPS) is 18.7. The zero-order valence-corrected chi connectivity index (χ0v) is 13.6. The van der Waals surface area contributed by atoms with Crippen LogP contribution >= 0.6 is 0 Å². The number of likely N-dealkylation sites (tertiary alicyclic amines) is 1. The molecule has 7 nitrogen and oxygen atoms in total. The van der Waals surface area contributed by atoms with Crippen molar-refractivity contribution in [1.29, 1.82) is 0 Å². The second-order valence-electron chi connectivity index (χ2n) is 6.62. The fourth-order valence-electron chi connectivity index (χ4n) is 2.99. The van der Waals surface area contributed by atoms with E-state index in [1.165, 1.54) is 0 Å². The number of aromatic nitrogens is 2. The van der Waals surface area contributed by atoms with Gasteiger partial charge in [-0.05, 0) is 31.6 Å². The Balaban J connectivity index is 1.35. The van der Waals surface area contributed by atoms with Crippen LogP contribution < -0.4 is 5.32 Å². The molecule has 2 aliphatic rings. The Hall–Kier alpha value is -2.05. The molecule has 1 aromatic rings. The molecular formula is C16H25N5O2. The van der Waals surface area contributed by atoms with Crippen molar-refractivity contribution in [2.75, 3.05) is 26.7 Å². The predicted molar refractivity (Wildman–Crippen MR) is 85.5 cm³/mol. The summed E-state index contributed by atoms with van der Waals surface area (Å²) >= 11 is 0. The number of carbonyl (C=O) groups excluding carboxylic acids is 2. The number of piperidine rings is 1. The van der Waals surface area contributed by atoms with Crippen molar-refractivity contribution in [2.45, 2.75) is 32.2 Å². The lowest BCUT2D eigenvalue weighted by Crippen LogP contribution is -2.44. The third kappa shape index (κ3) is 4.24. The minimum atomic E-state index is -0.0853. The minimum absolute atomic E-state index is 0.0853. The molecule has 0 atom stereocenters. The van der Waals surface area contributed by atoms with Gasteiger partial charge in [0.2, 0.25) is 5.91 Å². The number of hydrogen-bond acceptors (Lipinski definition) is 3. The molecule has 1 aromatic heterocycles. The van der Waals surface area contributed by atoms with Crippen LogP contribution in [-0.4, -0.2) is 58.4 Å². The fraction of sp³-hybridized carbons (Fsp3) is 0.688. The fourth-order valence-corrected chi connectivity index (χ4v) is 2.99. The standard InChI is InChI=1S/C16H25N5O2/c1-20(11-14-17-6-7-18-14)16(23)19-10-12-4-8-21(9-5-12)15(22)13-2-3-13/h6-7,12-13H,2-5,8-11H2,1H3,(H,17,18)(H,19,23). The number of H-pyrrole nitrogens is 1. The van der Waals surface area contributed by atoms with Crippen LogP contribution in [0.25, 0.3) is 0 Å². The maximum Gasteiger partial charge on any atom is 0.317 e. The number of urea groups is 1. The maximum atomic E-state index is 12.1. The quantitative estimate of drug-likeness (QED) is 0.855. The van der Waals surface area contributed by atoms with Gasteiger partial charge in [-0.2, -0.15) is 0 Å². The predicted octanol–water partition coefficient (Wildman–Crippen LogP) is 1.20. The lowest BCUT2D eigenvalue weighted by molar-refractivity contribution is -0.133. The summed E-state index contributed by atoms with van der Waals surface area (Å²) < 4.78 is 0. The Morgan fingerprint density at radius 2 is 2.09 bits per heavy atom. The van der Waals surface area contributed by atoms with Gasteiger partial charge >= 0.3 is 6.03 Å². The maximum absolute atomic E-state index is 12.1. The number of nitrogens with zero attached hydrogens (tertiary/aromatic N) is 3. The van der Waals surface area contributed by atoms with E-state index < -0.39 is 0 Å². The summed E-state index contributed by atoms with van der Waals surface area (Å²) in [7, 11) is 1.76. The number of nitrogens with one attached hydrogen (secondary N) is 2. The lowest BCUT2D eigenvalue weighted by Gasteiger charge is -2.32. The highest BCUT2D eigenvalue weighted by Gasteiger charge is 2.34. The molecule has 23 heavy (non-hydrogen) atoms. The van der Waals surface area contributed by atoms with Gasteiger partial charge in [0.25, 0.3) is 0 Å². The number of hydrogen-bond donors (Lipinski definition) is 2. The molecule has 1 aliphatic heterocycles. The van der Waals surface area contributed by atoms with Gasteiger partial charge in [0.1, 0.15) is 5.82 Å². The van der Waals surface area contributed by atoms with Crippen molar-refractivity contribution in [3.8, 4) is 0 Å². The Kier molecular flexibility index (Phi) is 4.83. The Morgan fingerprint density at radius 3 is 2.70 bits per heavy atom. The molecule has 1 saturated carbocycles. The summed E-state index contributed by atoms with van der Waals surface area (Å²) in [5.74, 6) is 1.88. The van der Waals surface area contributed by atoms with E-state index in [-0.39, 0.29) is 6.03 Å². The number of aromatic amines is 1. The number of rotatable bonds is 5. The molecule has 3 rings (SSSR count). The first kappa shape index (κ1) is 15.8. The highest BCUT2D eigenvalue weighted by Crippen LogP contribution is 2.32. The monoisotopic (exact) mass is 319 g/mol. The van der Waals surface area contributed by atoms with Gasteiger partial charge in [0.15, 0.2) is 0 Å². The average Bonchev–Trinajstić information content (AvgIpc) is 3.30. The first-order valence-corrected chi connectivity index (χ1v) is 8.39. The molecule has 1 saturated heterocycles. The van der Waals surface area contributed by atoms with Crippen LogP contribution in [0.4, 0.5) is 4.79 Å². The van der Waals surface area contributed by atoms with E-state index in [2.05, 4.69) is 15.3 Å². The van der Waals surface area contributed by atoms with Gasteiger partial charge in [0, 0.05) is 45.0 Å². The first-order chi connectivity index (χ1) is 11.1. The molecule has 0 bridgehead atoms. The summed E-state index contributed by atoms with van der Waals surface area (Å²) in [5.41, 5.74) is 0. The molecule has 2 N–H and O–H groups in total. The van der Waals surface area contributed by atoms with E-state index in [1.54, 1.807) is 24.3 Å². The van der Waals surface area contributed by atoms with Crippen LogP contribution in [0.3, 0.4) is 0 Å². The van der Waals surface area contributed by atoms with Crippen LogP contribution in [0.5, 0.6) is 0 Å². The number of imidazole rings is 1. The summed E-state index contributed by atoms with van der Waals surface area (Å²) in [6.07, 6.45) is 7.50. The Morgan fingerprint density at radius 1 is 1.35 bits per heavy atom. The van der Waals surface area contributed by atoms with Crippen molar-refractivity contribution in [3.05, 3.63) is 18.2 Å². The third-order valence-corrected chi connectivity index (χ3v) is 4.68. The lowest BCUT2D eigenvalue weighted by atomic mass is 9.96. The highest BCUT2D eigenvalue weighted by atomic mass is 16.2. The molecule has 3 amide bonds. The smallest absolute Gasteiger partial charge is 0.317 e. The largest absolute Gasteiger partial charge is 0.347 e. The molecule has 2 fully saturated rings. The van der Waals surface area contributed by atoms with Gasteiger partial charge in [-0.15, -0.1) is 0 Å². The second kappa shape index (κ2) is 7.02. The van der Waals surface area contributed by atoms with Crippen LogP contribution in [-0.2, 0) is 11.3 Å². The molecular weight excluding hydrogens is 294 g/mol. The Bertz CT molecular complexity index is 533. The van der Waals surface area contributed by atoms with E-state index in [0.29, 0.717) is 30.8 Å². The summed E-state index contributed by atoms with van der Waals surface area (Å²) in [5, 5.41) is 2.99. The van der Waals surface area contributed by atoms with E-state index in [0.717, 1.165) is 44.6 Å². The van der Waals surface area contributed by atoms with Gasteiger partial charge < -0.3 is 20.1 Å². The molecule has 0 radical (unpaired) electrons. The zero-order valence-electron chi connectivity index (χ0n) is 13.6. The van der Waals surface area contributed by atoms with Gasteiger partial charge in [-0.1, -0.05) is 0 Å². The highest BCUT2D eigenvalue weighted by molar-refractivity contribution is 5.81. The average molecular weight is 319 g/mol. The van der Waals surface area contributed by atoms with Crippen LogP contribution in [0.2, 0.25) is 0 Å². The summed E-state index contributed by atoms with van der Waals surface area (Å²) in [4.78, 5) is 34.8. The van der Waals surface area contributed by atoms with Crippen molar-refractivity contribution in [2.24, 2.45) is 11.8 Å². The van der Waals surface area contributed by atoms with Crippen molar-refractivity contribution < 1.29 is 9.59 Å². The molecule has 0 aromatic carbocycles. The van der Waals surface area contributed by atoms with E-state index in [4.69, 9.17) is 0 Å². The van der Waals surface area contributed by atoms with E-state index >= 15 is 0 Å². The first-order valence-electron chi connectivity index (χ1n) is 8.39. The molecule has 7 heteroatoms. The third-order valence-electron chi connectivity index (χ3n) is 4.68. The summed E-state index contributed by atoms with van der Waals surface area (Å²) in [6.45, 7) is 2.80. The Labute approximate surface area is 136 Å². The topological polar surface area (TPSA) is 81.3 Å². The molecule has 1 aliphatic carbocycles. The van der Waals surface area contributed by atoms with Gasteiger partial charge in [0.05, 0.1) is 6.54 Å². The van der Waals surface area contributed by atoms with Crippen molar-refractivity contribution in [1.82, 2.24) is 25.1 Å². The minimum Gasteiger partial charge on any atom is -0.347 e. The van der Waals surface area contributed by atoms with Gasteiger partial charge in [-0.3, -0.25) is 4.79 Å². The summed E-state index contributed by atoms with van der Waals surface area (Å²) in [6, 6.07) is -0.0853. The SMILES string of the molecule is CN(Cc1ncc[nH]1)C(=O)NCC1CCN(C(=O)C2CC2)CC1. The molecule has 0 unspecified atom stereocenters. The van der Waals surface area contributed by atoms with Crippen molar-refractivity contribution >= 4 is 11.9 Å². The van der Waals surface area contributed by atoms with Gasteiger partial charge in [-0.25, -0.2) is 9.78 Å². The number of carbonyl (C=O) groups is 2. The van der Waals surface area contributed by atoms with Crippen LogP contribution in [0.1, 0.15) is 31.5 Å².